The lowest BCUT2D eigenvalue weighted by atomic mass is 10.0. The van der Waals surface area contributed by atoms with Crippen LogP contribution in [0.25, 0.3) is 0 Å². The topological polar surface area (TPSA) is 60.2 Å². The molecule has 1 rings (SSSR count). The quantitative estimate of drug-likeness (QED) is 0.766. The third kappa shape index (κ3) is 3.12. The molecule has 1 atom stereocenters. The maximum absolute atomic E-state index is 13.3. The van der Waals surface area contributed by atoms with Gasteiger partial charge in [0.25, 0.3) is 0 Å². The first-order valence-corrected chi connectivity index (χ1v) is 4.21. The number of Topliss-reactive ketones (excluding diaryl/α,β-unsaturated/α-hetero) is 1. The van der Waals surface area contributed by atoms with E-state index in [-0.39, 0.29) is 5.56 Å². The van der Waals surface area contributed by atoms with Crippen molar-refractivity contribution in [2.75, 3.05) is 0 Å². The van der Waals surface area contributed by atoms with Crippen LogP contribution in [0.4, 0.5) is 8.78 Å². The Morgan fingerprint density at radius 3 is 2.27 bits per heavy atom. The molecule has 1 unspecified atom stereocenters. The molecule has 5 heteroatoms. The van der Waals surface area contributed by atoms with E-state index in [0.717, 1.165) is 24.3 Å². The fourth-order valence-electron chi connectivity index (χ4n) is 1.08. The molecule has 1 aromatic rings. The number of primary amides is 1. The van der Waals surface area contributed by atoms with Crippen molar-refractivity contribution in [2.24, 2.45) is 5.73 Å². The van der Waals surface area contributed by atoms with E-state index in [2.05, 4.69) is 0 Å². The summed E-state index contributed by atoms with van der Waals surface area (Å²) >= 11 is 0. The summed E-state index contributed by atoms with van der Waals surface area (Å²) in [5.74, 6) is -2.33. The molecule has 1 aromatic carbocycles. The summed E-state index contributed by atoms with van der Waals surface area (Å²) in [5.41, 5.74) is 4.76. The highest BCUT2D eigenvalue weighted by Gasteiger charge is 2.20. The van der Waals surface area contributed by atoms with Crippen LogP contribution in [-0.4, -0.2) is 11.7 Å². The molecule has 0 aromatic heterocycles. The summed E-state index contributed by atoms with van der Waals surface area (Å²) in [6, 6.07) is 4.39. The molecular formula is C10H9F2NO2. The smallest absolute Gasteiger partial charge is 0.225 e. The summed E-state index contributed by atoms with van der Waals surface area (Å²) in [7, 11) is 0. The molecule has 0 fully saturated rings. The normalized spacial score (nSPS) is 12.1. The summed E-state index contributed by atoms with van der Waals surface area (Å²) < 4.78 is 25.8. The number of benzene rings is 1. The number of hydrogen-bond acceptors (Lipinski definition) is 2. The second-order valence-corrected chi connectivity index (χ2v) is 3.02. The number of carbonyl (C=O) groups is 2. The molecule has 0 spiro atoms. The molecule has 2 N–H and O–H groups in total. The Kier molecular flexibility index (Phi) is 3.49. The highest BCUT2D eigenvalue weighted by molar-refractivity contribution is 5.99. The van der Waals surface area contributed by atoms with Crippen molar-refractivity contribution >= 4 is 11.7 Å². The average molecular weight is 213 g/mol. The summed E-state index contributed by atoms with van der Waals surface area (Å²) in [4.78, 5) is 21.4. The Labute approximate surface area is 84.9 Å². The third-order valence-electron chi connectivity index (χ3n) is 1.79. The highest BCUT2D eigenvalue weighted by atomic mass is 19.1. The zero-order valence-electron chi connectivity index (χ0n) is 7.74. The molecular weight excluding hydrogens is 204 g/mol. The zero-order valence-corrected chi connectivity index (χ0v) is 7.74. The molecule has 0 radical (unpaired) electrons. The van der Waals surface area contributed by atoms with E-state index in [1.807, 2.05) is 0 Å². The fraction of sp³-hybridized carbons (Fsp3) is 0.200. The van der Waals surface area contributed by atoms with E-state index in [0.29, 0.717) is 0 Å². The van der Waals surface area contributed by atoms with Crippen molar-refractivity contribution in [1.29, 1.82) is 0 Å². The minimum absolute atomic E-state index is 0.0163. The van der Waals surface area contributed by atoms with Gasteiger partial charge in [0, 0.05) is 0 Å². The molecule has 80 valence electrons. The highest BCUT2D eigenvalue weighted by Crippen LogP contribution is 2.19. The second kappa shape index (κ2) is 4.63. The molecule has 3 nitrogen and oxygen atoms in total. The van der Waals surface area contributed by atoms with E-state index >= 15 is 0 Å². The van der Waals surface area contributed by atoms with Gasteiger partial charge in [-0.1, -0.05) is 12.1 Å². The van der Waals surface area contributed by atoms with Crippen LogP contribution in [0.1, 0.15) is 18.2 Å². The number of nitrogens with two attached hydrogens (primary N) is 1. The molecule has 0 bridgehead atoms. The maximum Gasteiger partial charge on any atom is 0.225 e. The van der Waals surface area contributed by atoms with Gasteiger partial charge in [-0.3, -0.25) is 9.59 Å². The lowest BCUT2D eigenvalue weighted by Gasteiger charge is -2.05. The van der Waals surface area contributed by atoms with E-state index in [9.17, 15) is 18.4 Å². The van der Waals surface area contributed by atoms with Crippen LogP contribution in [0.2, 0.25) is 0 Å². The van der Waals surface area contributed by atoms with Crippen molar-refractivity contribution in [2.45, 2.75) is 12.6 Å². The fourth-order valence-corrected chi connectivity index (χ4v) is 1.08. The van der Waals surface area contributed by atoms with Gasteiger partial charge in [0.15, 0.2) is 12.0 Å². The van der Waals surface area contributed by atoms with E-state index < -0.39 is 30.1 Å². The van der Waals surface area contributed by atoms with Crippen LogP contribution in [0, 0.1) is 5.82 Å². The van der Waals surface area contributed by atoms with Crippen molar-refractivity contribution < 1.29 is 18.4 Å². The Balaban J connectivity index is 2.76. The van der Waals surface area contributed by atoms with Crippen LogP contribution in [0.5, 0.6) is 0 Å². The van der Waals surface area contributed by atoms with Crippen molar-refractivity contribution in [3.63, 3.8) is 0 Å². The molecule has 0 saturated heterocycles. The largest absolute Gasteiger partial charge is 0.369 e. The van der Waals surface area contributed by atoms with Gasteiger partial charge in [0.2, 0.25) is 5.91 Å². The Bertz CT molecular complexity index is 376. The zero-order chi connectivity index (χ0) is 11.4. The first-order chi connectivity index (χ1) is 7.00. The molecule has 0 heterocycles. The standard InChI is InChI=1S/C10H9F2NO2/c11-7-3-1-6(2-4-7)10(12)8(14)5-9(13)15/h1-4,10H,5H2,(H2,13,15). The van der Waals surface area contributed by atoms with Crippen LogP contribution in [-0.2, 0) is 9.59 Å². The summed E-state index contributed by atoms with van der Waals surface area (Å²) in [6.07, 6.45) is -2.59. The monoisotopic (exact) mass is 213 g/mol. The number of amides is 1. The Hall–Kier alpha value is -1.78. The number of halogens is 2. The van der Waals surface area contributed by atoms with E-state index in [4.69, 9.17) is 5.73 Å². The Morgan fingerprint density at radius 2 is 1.80 bits per heavy atom. The minimum Gasteiger partial charge on any atom is -0.369 e. The molecule has 0 aliphatic rings. The molecule has 1 amide bonds. The van der Waals surface area contributed by atoms with Crippen molar-refractivity contribution in [3.05, 3.63) is 35.6 Å². The van der Waals surface area contributed by atoms with Gasteiger partial charge in [-0.15, -0.1) is 0 Å². The third-order valence-corrected chi connectivity index (χ3v) is 1.79. The predicted molar refractivity (Wildman–Crippen MR) is 49.1 cm³/mol. The predicted octanol–water partition coefficient (Wildman–Crippen LogP) is 1.28. The maximum atomic E-state index is 13.3. The number of alkyl halides is 1. The average Bonchev–Trinajstić information content (AvgIpc) is 2.17. The van der Waals surface area contributed by atoms with Crippen LogP contribution < -0.4 is 5.73 Å². The lowest BCUT2D eigenvalue weighted by molar-refractivity contribution is -0.129. The second-order valence-electron chi connectivity index (χ2n) is 3.02. The van der Waals surface area contributed by atoms with E-state index in [1.54, 1.807) is 0 Å². The minimum atomic E-state index is -1.93. The molecule has 0 aliphatic carbocycles. The van der Waals surface area contributed by atoms with Crippen LogP contribution in [0.3, 0.4) is 0 Å². The first kappa shape index (κ1) is 11.3. The van der Waals surface area contributed by atoms with Gasteiger partial charge < -0.3 is 5.73 Å². The van der Waals surface area contributed by atoms with E-state index in [1.165, 1.54) is 0 Å². The lowest BCUT2D eigenvalue weighted by Crippen LogP contribution is -2.19. The van der Waals surface area contributed by atoms with Gasteiger partial charge in [-0.05, 0) is 17.7 Å². The number of hydrogen-bond donors (Lipinski definition) is 1. The van der Waals surface area contributed by atoms with Gasteiger partial charge >= 0.3 is 0 Å². The van der Waals surface area contributed by atoms with Gasteiger partial charge in [-0.2, -0.15) is 0 Å². The van der Waals surface area contributed by atoms with Gasteiger partial charge in [-0.25, -0.2) is 8.78 Å². The van der Waals surface area contributed by atoms with Gasteiger partial charge in [0.05, 0.1) is 6.42 Å². The Morgan fingerprint density at radius 1 is 1.27 bits per heavy atom. The SMILES string of the molecule is NC(=O)CC(=O)C(F)c1ccc(F)cc1. The molecule has 0 aliphatic heterocycles. The van der Waals surface area contributed by atoms with Gasteiger partial charge in [0.1, 0.15) is 5.82 Å². The van der Waals surface area contributed by atoms with Crippen LogP contribution in [0.15, 0.2) is 24.3 Å². The number of rotatable bonds is 4. The van der Waals surface area contributed by atoms with Crippen molar-refractivity contribution in [1.82, 2.24) is 0 Å². The molecule has 0 saturated carbocycles. The first-order valence-electron chi connectivity index (χ1n) is 4.21. The van der Waals surface area contributed by atoms with Crippen LogP contribution >= 0.6 is 0 Å². The summed E-state index contributed by atoms with van der Waals surface area (Å²) in [5, 5.41) is 0. The number of ketones is 1. The summed E-state index contributed by atoms with van der Waals surface area (Å²) in [6.45, 7) is 0. The molecule has 15 heavy (non-hydrogen) atoms. The van der Waals surface area contributed by atoms with Crippen molar-refractivity contribution in [3.8, 4) is 0 Å². The number of carbonyl (C=O) groups excluding carboxylic acids is 2.